The molecule has 31 heavy (non-hydrogen) atoms. The zero-order chi connectivity index (χ0) is 21.7. The molecule has 168 valence electrons. The molecule has 0 fully saturated rings. The first-order valence-electron chi connectivity index (χ1n) is 11.5. The second kappa shape index (κ2) is 12.9. The average Bonchev–Trinajstić information content (AvgIpc) is 3.26. The maximum atomic E-state index is 8.76. The molecule has 0 atom stereocenters. The third-order valence-corrected chi connectivity index (χ3v) is 5.48. The number of aliphatic hydroxyl groups excluding tert-OH is 1. The van der Waals surface area contributed by atoms with E-state index in [4.69, 9.17) is 25.1 Å². The van der Waals surface area contributed by atoms with Gasteiger partial charge in [-0.05, 0) is 66.4 Å². The van der Waals surface area contributed by atoms with E-state index in [1.54, 1.807) is 0 Å². The van der Waals surface area contributed by atoms with E-state index in [2.05, 4.69) is 0 Å². The first kappa shape index (κ1) is 23.0. The molecule has 0 saturated heterocycles. The maximum Gasteiger partial charge on any atom is 0.231 e. The van der Waals surface area contributed by atoms with Crippen LogP contribution in [-0.2, 0) is 0 Å². The first-order valence-corrected chi connectivity index (χ1v) is 11.5. The molecular weight excluding hydrogens is 390 g/mol. The number of nitrogens with two attached hydrogens (primary N) is 1. The van der Waals surface area contributed by atoms with Gasteiger partial charge < -0.3 is 25.1 Å². The highest BCUT2D eigenvalue weighted by molar-refractivity contribution is 5.80. The van der Waals surface area contributed by atoms with Gasteiger partial charge in [-0.15, -0.1) is 0 Å². The lowest BCUT2D eigenvalue weighted by atomic mass is 10.1. The van der Waals surface area contributed by atoms with Crippen LogP contribution in [0, 0.1) is 0 Å². The van der Waals surface area contributed by atoms with Crippen molar-refractivity contribution in [2.24, 2.45) is 5.73 Å². The van der Waals surface area contributed by atoms with Gasteiger partial charge in [0.1, 0.15) is 5.75 Å². The van der Waals surface area contributed by atoms with Gasteiger partial charge in [-0.2, -0.15) is 0 Å². The molecule has 1 aliphatic rings. The monoisotopic (exact) mass is 425 g/mol. The highest BCUT2D eigenvalue weighted by Gasteiger charge is 2.12. The van der Waals surface area contributed by atoms with Crippen molar-refractivity contribution in [2.45, 2.75) is 57.8 Å². The van der Waals surface area contributed by atoms with Crippen LogP contribution in [0.25, 0.3) is 11.8 Å². The van der Waals surface area contributed by atoms with Gasteiger partial charge in [-0.3, -0.25) is 0 Å². The van der Waals surface area contributed by atoms with Gasteiger partial charge in [0.25, 0.3) is 0 Å². The van der Waals surface area contributed by atoms with Gasteiger partial charge in [-0.1, -0.05) is 51.0 Å². The van der Waals surface area contributed by atoms with E-state index in [-0.39, 0.29) is 6.79 Å². The zero-order valence-corrected chi connectivity index (χ0v) is 18.4. The lowest BCUT2D eigenvalue weighted by molar-refractivity contribution is 0.174. The van der Waals surface area contributed by atoms with Gasteiger partial charge in [-0.25, -0.2) is 0 Å². The van der Waals surface area contributed by atoms with E-state index >= 15 is 0 Å². The van der Waals surface area contributed by atoms with Crippen molar-refractivity contribution in [1.29, 1.82) is 0 Å². The highest BCUT2D eigenvalue weighted by Crippen LogP contribution is 2.33. The lowest BCUT2D eigenvalue weighted by Gasteiger charge is -2.08. The van der Waals surface area contributed by atoms with Crippen molar-refractivity contribution in [3.05, 3.63) is 53.6 Å². The molecule has 5 nitrogen and oxygen atoms in total. The highest BCUT2D eigenvalue weighted by atomic mass is 16.7. The van der Waals surface area contributed by atoms with Crippen molar-refractivity contribution in [1.82, 2.24) is 0 Å². The molecule has 2 aromatic carbocycles. The summed E-state index contributed by atoms with van der Waals surface area (Å²) in [4.78, 5) is 0. The third kappa shape index (κ3) is 7.83. The van der Waals surface area contributed by atoms with Crippen molar-refractivity contribution in [2.75, 3.05) is 20.0 Å². The van der Waals surface area contributed by atoms with Crippen LogP contribution in [0.2, 0.25) is 0 Å². The minimum atomic E-state index is 0.269. The second-order valence-corrected chi connectivity index (χ2v) is 7.99. The fourth-order valence-corrected chi connectivity index (χ4v) is 3.65. The molecule has 0 spiro atoms. The van der Waals surface area contributed by atoms with Crippen LogP contribution in [0.15, 0.2) is 42.5 Å². The van der Waals surface area contributed by atoms with Gasteiger partial charge in [0.15, 0.2) is 11.5 Å². The van der Waals surface area contributed by atoms with Gasteiger partial charge >= 0.3 is 0 Å². The molecule has 0 aromatic heterocycles. The van der Waals surface area contributed by atoms with Gasteiger partial charge in [0.05, 0.1) is 6.61 Å². The molecule has 3 N–H and O–H groups in total. The number of benzene rings is 2. The summed E-state index contributed by atoms with van der Waals surface area (Å²) in [5.74, 6) is 2.40. The first-order chi connectivity index (χ1) is 15.3. The quantitative estimate of drug-likeness (QED) is 0.298. The van der Waals surface area contributed by atoms with E-state index in [1.807, 2.05) is 48.5 Å². The van der Waals surface area contributed by atoms with Crippen LogP contribution >= 0.6 is 0 Å². The molecule has 0 radical (unpaired) electrons. The normalized spacial score (nSPS) is 12.9. The molecule has 3 rings (SSSR count). The molecule has 5 heteroatoms. The minimum Gasteiger partial charge on any atom is -0.494 e. The number of ether oxygens (including phenoxy) is 3. The Kier molecular flexibility index (Phi) is 9.58. The topological polar surface area (TPSA) is 73.9 Å². The van der Waals surface area contributed by atoms with E-state index in [1.165, 1.54) is 38.5 Å². The fourth-order valence-electron chi connectivity index (χ4n) is 3.65. The third-order valence-electron chi connectivity index (χ3n) is 5.48. The van der Waals surface area contributed by atoms with Crippen molar-refractivity contribution >= 4 is 11.8 Å². The summed E-state index contributed by atoms with van der Waals surface area (Å²) >= 11 is 0. The Hall–Kier alpha value is -2.66. The standard InChI is InChI=1S/C26H35NO4/c27-24(18-21-10-15-25-26(19-21)31-20-30-25)22-11-13-23(14-12-22)29-17-9-7-5-3-1-2-4-6-8-16-28/h10-15,18-19,28H,1-9,16-17,20,27H2/b24-18-. The number of aliphatic hydroxyl groups is 1. The predicted molar refractivity (Wildman–Crippen MR) is 125 cm³/mol. The van der Waals surface area contributed by atoms with E-state index in [0.717, 1.165) is 54.2 Å². The summed E-state index contributed by atoms with van der Waals surface area (Å²) in [6, 6.07) is 13.7. The predicted octanol–water partition coefficient (Wildman–Crippen LogP) is 5.75. The summed E-state index contributed by atoms with van der Waals surface area (Å²) in [5, 5.41) is 8.76. The molecule has 1 heterocycles. The molecular formula is C26H35NO4. The average molecular weight is 426 g/mol. The molecule has 0 unspecified atom stereocenters. The summed E-state index contributed by atoms with van der Waals surface area (Å²) in [6.07, 6.45) is 12.7. The van der Waals surface area contributed by atoms with Crippen LogP contribution in [0.1, 0.15) is 68.9 Å². The molecule has 0 bridgehead atoms. The Labute approximate surface area is 185 Å². The Morgan fingerprint density at radius 1 is 0.839 bits per heavy atom. The van der Waals surface area contributed by atoms with Crippen LogP contribution in [0.4, 0.5) is 0 Å². The SMILES string of the molecule is N/C(=C\c1ccc2c(c1)OCO2)c1ccc(OCCCCCCCCCCCO)cc1. The van der Waals surface area contributed by atoms with Gasteiger partial charge in [0, 0.05) is 12.3 Å². The number of rotatable bonds is 14. The van der Waals surface area contributed by atoms with Crippen LogP contribution in [-0.4, -0.2) is 25.1 Å². The fraction of sp³-hybridized carbons (Fsp3) is 0.462. The Morgan fingerprint density at radius 2 is 1.48 bits per heavy atom. The molecule has 0 aliphatic carbocycles. The van der Waals surface area contributed by atoms with Crippen LogP contribution in [0.5, 0.6) is 17.2 Å². The van der Waals surface area contributed by atoms with E-state index < -0.39 is 0 Å². The second-order valence-electron chi connectivity index (χ2n) is 7.99. The lowest BCUT2D eigenvalue weighted by Crippen LogP contribution is -1.99. The largest absolute Gasteiger partial charge is 0.494 e. The number of fused-ring (bicyclic) bond motifs is 1. The number of hydrogen-bond acceptors (Lipinski definition) is 5. The smallest absolute Gasteiger partial charge is 0.231 e. The Bertz CT molecular complexity index is 817. The van der Waals surface area contributed by atoms with E-state index in [0.29, 0.717) is 12.3 Å². The summed E-state index contributed by atoms with van der Waals surface area (Å²) in [6.45, 7) is 1.35. The van der Waals surface area contributed by atoms with Crippen molar-refractivity contribution in [3.63, 3.8) is 0 Å². The summed E-state index contributed by atoms with van der Waals surface area (Å²) < 4.78 is 16.6. The maximum absolute atomic E-state index is 8.76. The Morgan fingerprint density at radius 3 is 2.19 bits per heavy atom. The summed E-state index contributed by atoms with van der Waals surface area (Å²) in [7, 11) is 0. The zero-order valence-electron chi connectivity index (χ0n) is 18.4. The molecule has 0 saturated carbocycles. The van der Waals surface area contributed by atoms with Crippen molar-refractivity contribution in [3.8, 4) is 17.2 Å². The van der Waals surface area contributed by atoms with E-state index in [9.17, 15) is 0 Å². The van der Waals surface area contributed by atoms with Crippen LogP contribution in [0.3, 0.4) is 0 Å². The van der Waals surface area contributed by atoms with Crippen molar-refractivity contribution < 1.29 is 19.3 Å². The van der Waals surface area contributed by atoms with Crippen LogP contribution < -0.4 is 19.9 Å². The number of unbranched alkanes of at least 4 members (excludes halogenated alkanes) is 8. The molecule has 2 aromatic rings. The molecule has 0 amide bonds. The molecule has 1 aliphatic heterocycles. The minimum absolute atomic E-state index is 0.269. The Balaban J connectivity index is 1.33. The number of hydrogen-bond donors (Lipinski definition) is 2. The van der Waals surface area contributed by atoms with Gasteiger partial charge in [0.2, 0.25) is 6.79 Å². The summed E-state index contributed by atoms with van der Waals surface area (Å²) in [5.41, 5.74) is 8.91.